The van der Waals surface area contributed by atoms with Gasteiger partial charge in [0.2, 0.25) is 23.5 Å². The first kappa shape index (κ1) is 21.8. The number of likely N-dealkylation sites (N-methyl/N-ethyl adjacent to an activating group) is 1. The zero-order valence-corrected chi connectivity index (χ0v) is 18.7. The van der Waals surface area contributed by atoms with E-state index >= 15 is 0 Å². The number of nitrogens with zero attached hydrogens (tertiary/aromatic N) is 4. The lowest BCUT2D eigenvalue weighted by atomic mass is 9.88. The molecule has 8 heteroatoms. The second-order valence-electron chi connectivity index (χ2n) is 8.59. The Labute approximate surface area is 187 Å². The highest BCUT2D eigenvalue weighted by Gasteiger charge is 2.34. The summed E-state index contributed by atoms with van der Waals surface area (Å²) in [6.07, 6.45) is 7.93. The number of hydrogen-bond acceptors (Lipinski definition) is 5. The predicted octanol–water partition coefficient (Wildman–Crippen LogP) is 4.48. The van der Waals surface area contributed by atoms with Gasteiger partial charge in [0.05, 0.1) is 6.54 Å². The van der Waals surface area contributed by atoms with E-state index in [1.165, 1.54) is 6.42 Å². The molecular formula is C23H29ClN4O3. The van der Waals surface area contributed by atoms with Crippen LogP contribution in [0.3, 0.4) is 0 Å². The van der Waals surface area contributed by atoms with E-state index in [1.807, 2.05) is 12.1 Å². The number of carbonyl (C=O) groups is 2. The fourth-order valence-electron chi connectivity index (χ4n) is 4.64. The molecule has 166 valence electrons. The maximum absolute atomic E-state index is 13.1. The number of piperidine rings is 1. The summed E-state index contributed by atoms with van der Waals surface area (Å²) in [5.41, 5.74) is 0.772. The van der Waals surface area contributed by atoms with Crippen LogP contribution < -0.4 is 0 Å². The molecule has 2 fully saturated rings. The molecule has 2 heterocycles. The molecule has 31 heavy (non-hydrogen) atoms. The summed E-state index contributed by atoms with van der Waals surface area (Å²) < 4.78 is 5.55. The lowest BCUT2D eigenvalue weighted by Crippen LogP contribution is -2.46. The quantitative estimate of drug-likeness (QED) is 0.679. The number of hydrogen-bond donors (Lipinski definition) is 0. The van der Waals surface area contributed by atoms with Crippen LogP contribution in [0.5, 0.6) is 0 Å². The third-order valence-electron chi connectivity index (χ3n) is 6.34. The molecule has 7 nitrogen and oxygen atoms in total. The minimum atomic E-state index is -0.264. The lowest BCUT2D eigenvalue weighted by Gasteiger charge is -2.35. The van der Waals surface area contributed by atoms with Gasteiger partial charge in [-0.15, -0.1) is 0 Å². The first-order valence-electron chi connectivity index (χ1n) is 11.2. The predicted molar refractivity (Wildman–Crippen MR) is 117 cm³/mol. The number of carbonyl (C=O) groups excluding carboxylic acids is 2. The van der Waals surface area contributed by atoms with Crippen molar-refractivity contribution >= 4 is 23.4 Å². The van der Waals surface area contributed by atoms with Crippen molar-refractivity contribution in [3.8, 4) is 11.4 Å². The summed E-state index contributed by atoms with van der Waals surface area (Å²) in [6.45, 7) is 0.713. The number of halogens is 1. The second kappa shape index (κ2) is 9.81. The number of likely N-dealkylation sites (tertiary alicyclic amines) is 1. The normalized spacial score (nSPS) is 19.9. The Balaban J connectivity index is 1.45. The summed E-state index contributed by atoms with van der Waals surface area (Å²) in [7, 11) is 1.73. The molecule has 0 spiro atoms. The van der Waals surface area contributed by atoms with E-state index in [0.717, 1.165) is 50.5 Å². The zero-order valence-electron chi connectivity index (χ0n) is 17.9. The van der Waals surface area contributed by atoms with Crippen molar-refractivity contribution in [3.63, 3.8) is 0 Å². The summed E-state index contributed by atoms with van der Waals surface area (Å²) in [4.78, 5) is 33.8. The Morgan fingerprint density at radius 2 is 1.94 bits per heavy atom. The van der Waals surface area contributed by atoms with E-state index < -0.39 is 0 Å². The van der Waals surface area contributed by atoms with Crippen LogP contribution in [-0.2, 0) is 9.59 Å². The minimum Gasteiger partial charge on any atom is -0.337 e. The van der Waals surface area contributed by atoms with Crippen molar-refractivity contribution in [1.82, 2.24) is 19.9 Å². The average Bonchev–Trinajstić information content (AvgIpc) is 3.29. The Morgan fingerprint density at radius 3 is 2.71 bits per heavy atom. The first-order chi connectivity index (χ1) is 15.0. The Bertz CT molecular complexity index is 925. The summed E-state index contributed by atoms with van der Waals surface area (Å²) in [5.74, 6) is 0.964. The van der Waals surface area contributed by atoms with Crippen molar-refractivity contribution in [2.45, 2.75) is 57.4 Å². The van der Waals surface area contributed by atoms with Crippen LogP contribution in [0.15, 0.2) is 28.8 Å². The van der Waals surface area contributed by atoms with E-state index in [-0.39, 0.29) is 30.3 Å². The van der Waals surface area contributed by atoms with Gasteiger partial charge < -0.3 is 14.3 Å². The fraction of sp³-hybridized carbons (Fsp3) is 0.565. The van der Waals surface area contributed by atoms with E-state index in [2.05, 4.69) is 10.1 Å². The molecule has 1 aliphatic heterocycles. The maximum Gasteiger partial charge on any atom is 0.249 e. The monoisotopic (exact) mass is 444 g/mol. The standard InChI is InChI=1S/C23H29ClN4O3/c1-27(23(30)16-8-3-2-4-9-16)15-20(29)28-13-6-5-12-19(28)22-25-21(26-31-22)17-10-7-11-18(24)14-17/h7,10-11,14,16,19H,2-6,8-9,12-13,15H2,1H3. The van der Waals surface area contributed by atoms with Gasteiger partial charge in [-0.3, -0.25) is 9.59 Å². The van der Waals surface area contributed by atoms with Crippen LogP contribution in [0.1, 0.15) is 63.3 Å². The molecule has 1 aromatic carbocycles. The highest BCUT2D eigenvalue weighted by atomic mass is 35.5. The fourth-order valence-corrected chi connectivity index (χ4v) is 4.83. The van der Waals surface area contributed by atoms with Gasteiger partial charge in [0.15, 0.2) is 0 Å². The van der Waals surface area contributed by atoms with Gasteiger partial charge in [0, 0.05) is 30.1 Å². The largest absolute Gasteiger partial charge is 0.337 e. The van der Waals surface area contributed by atoms with Crippen LogP contribution in [0.25, 0.3) is 11.4 Å². The number of rotatable bonds is 5. The van der Waals surface area contributed by atoms with Gasteiger partial charge in [-0.05, 0) is 44.2 Å². The first-order valence-corrected chi connectivity index (χ1v) is 11.5. The van der Waals surface area contributed by atoms with Crippen molar-refractivity contribution in [2.24, 2.45) is 5.92 Å². The molecule has 1 saturated carbocycles. The molecule has 0 radical (unpaired) electrons. The molecule has 1 unspecified atom stereocenters. The molecule has 0 bridgehead atoms. The molecule has 1 aliphatic carbocycles. The van der Waals surface area contributed by atoms with Crippen molar-refractivity contribution in [1.29, 1.82) is 0 Å². The average molecular weight is 445 g/mol. The van der Waals surface area contributed by atoms with E-state index in [4.69, 9.17) is 16.1 Å². The number of benzene rings is 1. The summed E-state index contributed by atoms with van der Waals surface area (Å²) in [6, 6.07) is 7.02. The third kappa shape index (κ3) is 5.09. The smallest absolute Gasteiger partial charge is 0.249 e. The van der Waals surface area contributed by atoms with Crippen molar-refractivity contribution in [2.75, 3.05) is 20.1 Å². The van der Waals surface area contributed by atoms with Gasteiger partial charge in [-0.2, -0.15) is 4.98 Å². The molecule has 1 atom stereocenters. The Kier molecular flexibility index (Phi) is 6.90. The third-order valence-corrected chi connectivity index (χ3v) is 6.57. The van der Waals surface area contributed by atoms with E-state index in [0.29, 0.717) is 23.3 Å². The molecular weight excluding hydrogens is 416 g/mol. The molecule has 2 aromatic rings. The van der Waals surface area contributed by atoms with Crippen molar-refractivity contribution < 1.29 is 14.1 Å². The SMILES string of the molecule is CN(CC(=O)N1CCCCC1c1nc(-c2cccc(Cl)c2)no1)C(=O)C1CCCCC1. The zero-order chi connectivity index (χ0) is 21.8. The highest BCUT2D eigenvalue weighted by molar-refractivity contribution is 6.30. The summed E-state index contributed by atoms with van der Waals surface area (Å²) >= 11 is 6.07. The molecule has 1 saturated heterocycles. The van der Waals surface area contributed by atoms with E-state index in [1.54, 1.807) is 29.0 Å². The van der Waals surface area contributed by atoms with Gasteiger partial charge in [0.25, 0.3) is 0 Å². The molecule has 2 amide bonds. The molecule has 1 aromatic heterocycles. The maximum atomic E-state index is 13.1. The molecule has 2 aliphatic rings. The van der Waals surface area contributed by atoms with Crippen LogP contribution in [-0.4, -0.2) is 51.9 Å². The van der Waals surface area contributed by atoms with Crippen molar-refractivity contribution in [3.05, 3.63) is 35.2 Å². The van der Waals surface area contributed by atoms with Gasteiger partial charge in [0.1, 0.15) is 6.04 Å². The highest BCUT2D eigenvalue weighted by Crippen LogP contribution is 2.32. The summed E-state index contributed by atoms with van der Waals surface area (Å²) in [5, 5.41) is 4.70. The van der Waals surface area contributed by atoms with Gasteiger partial charge in [-0.25, -0.2) is 0 Å². The Morgan fingerprint density at radius 1 is 1.16 bits per heavy atom. The van der Waals surface area contributed by atoms with Gasteiger partial charge >= 0.3 is 0 Å². The molecule has 0 N–H and O–H groups in total. The van der Waals surface area contributed by atoms with Crippen LogP contribution in [0.4, 0.5) is 0 Å². The second-order valence-corrected chi connectivity index (χ2v) is 9.03. The minimum absolute atomic E-state index is 0.0555. The topological polar surface area (TPSA) is 79.5 Å². The Hall–Kier alpha value is -2.41. The number of aromatic nitrogens is 2. The van der Waals surface area contributed by atoms with E-state index in [9.17, 15) is 9.59 Å². The lowest BCUT2D eigenvalue weighted by molar-refractivity contribution is -0.144. The molecule has 4 rings (SSSR count). The van der Waals surface area contributed by atoms with Crippen LogP contribution in [0, 0.1) is 5.92 Å². The number of amides is 2. The van der Waals surface area contributed by atoms with Crippen LogP contribution >= 0.6 is 11.6 Å². The van der Waals surface area contributed by atoms with Crippen LogP contribution in [0.2, 0.25) is 5.02 Å². The van der Waals surface area contributed by atoms with Gasteiger partial charge in [-0.1, -0.05) is 48.2 Å².